The number of hydrogen-bond donors (Lipinski definition) is 1. The highest BCUT2D eigenvalue weighted by atomic mass is 32.2. The van der Waals surface area contributed by atoms with Gasteiger partial charge in [-0.25, -0.2) is 0 Å². The van der Waals surface area contributed by atoms with Gasteiger partial charge in [-0.3, -0.25) is 0 Å². The Morgan fingerprint density at radius 2 is 2.19 bits per heavy atom. The molecule has 0 fully saturated rings. The zero-order chi connectivity index (χ0) is 11.4. The molecule has 1 aliphatic rings. The topological polar surface area (TPSA) is 12.0 Å². The summed E-state index contributed by atoms with van der Waals surface area (Å²) in [6.45, 7) is 5.71. The highest BCUT2D eigenvalue weighted by Crippen LogP contribution is 2.26. The molecule has 16 heavy (non-hydrogen) atoms. The van der Waals surface area contributed by atoms with Gasteiger partial charge in [-0.15, -0.1) is 0 Å². The van der Waals surface area contributed by atoms with Crippen LogP contribution in [0.15, 0.2) is 24.3 Å². The van der Waals surface area contributed by atoms with Crippen LogP contribution in [0.25, 0.3) is 0 Å². The average molecular weight is 235 g/mol. The minimum atomic E-state index is 0.773. The fourth-order valence-electron chi connectivity index (χ4n) is 2.02. The lowest BCUT2D eigenvalue weighted by molar-refractivity contribution is 0.739. The predicted molar refractivity (Wildman–Crippen MR) is 74.3 cm³/mol. The lowest BCUT2D eigenvalue weighted by Crippen LogP contribution is -2.16. The minimum absolute atomic E-state index is 0.773. The lowest BCUT2D eigenvalue weighted by Gasteiger charge is -2.15. The van der Waals surface area contributed by atoms with Crippen LogP contribution in [0.2, 0.25) is 0 Å². The molecule has 0 spiro atoms. The van der Waals surface area contributed by atoms with Crippen molar-refractivity contribution < 1.29 is 0 Å². The van der Waals surface area contributed by atoms with Gasteiger partial charge in [0.25, 0.3) is 0 Å². The summed E-state index contributed by atoms with van der Waals surface area (Å²) >= 11 is 2.13. The molecule has 1 unspecified atom stereocenters. The molecule has 2 heteroatoms. The quantitative estimate of drug-likeness (QED) is 0.855. The highest BCUT2D eigenvalue weighted by molar-refractivity contribution is 7.99. The molecule has 1 aromatic rings. The summed E-state index contributed by atoms with van der Waals surface area (Å²) in [4.78, 5) is 0. The first-order chi connectivity index (χ1) is 7.75. The van der Waals surface area contributed by atoms with E-state index in [1.165, 1.54) is 29.8 Å². The van der Waals surface area contributed by atoms with Crippen molar-refractivity contribution in [3.05, 3.63) is 29.8 Å². The number of thioether (sulfide) groups is 1. The fraction of sp³-hybridized carbons (Fsp3) is 0.571. The van der Waals surface area contributed by atoms with Gasteiger partial charge in [0.2, 0.25) is 0 Å². The van der Waals surface area contributed by atoms with Crippen LogP contribution in [0.1, 0.15) is 25.8 Å². The molecule has 0 saturated carbocycles. The molecule has 1 aromatic carbocycles. The first kappa shape index (κ1) is 11.8. The highest BCUT2D eigenvalue weighted by Gasteiger charge is 2.15. The maximum Gasteiger partial charge on any atom is 0.0373 e. The molecule has 1 atom stereocenters. The van der Waals surface area contributed by atoms with Crippen LogP contribution in [0, 0.1) is 5.92 Å². The Labute approximate surface area is 103 Å². The van der Waals surface area contributed by atoms with E-state index in [-0.39, 0.29) is 0 Å². The number of nitrogens with one attached hydrogen (secondary N) is 1. The fourth-order valence-corrected chi connectivity index (χ4v) is 3.17. The van der Waals surface area contributed by atoms with E-state index in [1.807, 2.05) is 0 Å². The van der Waals surface area contributed by atoms with Gasteiger partial charge in [0.05, 0.1) is 0 Å². The Balaban J connectivity index is 1.92. The summed E-state index contributed by atoms with van der Waals surface area (Å²) < 4.78 is 0. The Morgan fingerprint density at radius 3 is 3.00 bits per heavy atom. The third-order valence-corrected chi connectivity index (χ3v) is 4.67. The van der Waals surface area contributed by atoms with E-state index in [0.717, 1.165) is 17.7 Å². The molecular weight excluding hydrogens is 214 g/mol. The second-order valence-electron chi connectivity index (χ2n) is 4.93. The van der Waals surface area contributed by atoms with Crippen LogP contribution < -0.4 is 5.32 Å². The molecular formula is C14H21NS. The first-order valence-electron chi connectivity index (χ1n) is 6.19. The Morgan fingerprint density at radius 1 is 1.38 bits per heavy atom. The second kappa shape index (κ2) is 5.62. The monoisotopic (exact) mass is 235 g/mol. The van der Waals surface area contributed by atoms with E-state index in [4.69, 9.17) is 0 Å². The molecule has 0 saturated heterocycles. The van der Waals surface area contributed by atoms with Gasteiger partial charge >= 0.3 is 0 Å². The number of fused-ring (bicyclic) bond motifs is 1. The van der Waals surface area contributed by atoms with Gasteiger partial charge in [-0.05, 0) is 36.1 Å². The van der Waals surface area contributed by atoms with Crippen LogP contribution >= 0.6 is 11.8 Å². The van der Waals surface area contributed by atoms with Gasteiger partial charge in [-0.1, -0.05) is 32.0 Å². The van der Waals surface area contributed by atoms with Crippen LogP contribution in [-0.2, 0) is 6.42 Å². The molecule has 1 nitrogen and oxygen atoms in total. The van der Waals surface area contributed by atoms with Gasteiger partial charge in [-0.2, -0.15) is 11.8 Å². The molecule has 0 aliphatic carbocycles. The Kier molecular flexibility index (Phi) is 4.16. The Hall–Kier alpha value is -0.630. The molecule has 88 valence electrons. The van der Waals surface area contributed by atoms with Crippen molar-refractivity contribution >= 4 is 17.4 Å². The summed E-state index contributed by atoms with van der Waals surface area (Å²) in [5, 5.41) is 4.35. The van der Waals surface area contributed by atoms with Crippen molar-refractivity contribution in [1.82, 2.24) is 0 Å². The van der Waals surface area contributed by atoms with Crippen LogP contribution in [0.4, 0.5) is 5.69 Å². The van der Waals surface area contributed by atoms with Crippen LogP contribution in [0.5, 0.6) is 0 Å². The smallest absolute Gasteiger partial charge is 0.0373 e. The summed E-state index contributed by atoms with van der Waals surface area (Å²) in [5.74, 6) is 2.08. The molecule has 1 aliphatic heterocycles. The van der Waals surface area contributed by atoms with E-state index in [2.05, 4.69) is 55.2 Å². The first-order valence-corrected chi connectivity index (χ1v) is 7.24. The summed E-state index contributed by atoms with van der Waals surface area (Å²) in [7, 11) is 0. The van der Waals surface area contributed by atoms with Crippen molar-refractivity contribution in [2.45, 2.75) is 31.9 Å². The summed E-state index contributed by atoms with van der Waals surface area (Å²) in [5.41, 5.74) is 2.82. The van der Waals surface area contributed by atoms with Gasteiger partial charge in [0.15, 0.2) is 0 Å². The van der Waals surface area contributed by atoms with Gasteiger partial charge < -0.3 is 5.32 Å². The minimum Gasteiger partial charge on any atom is -0.384 e. The Bertz CT molecular complexity index is 308. The maximum atomic E-state index is 3.58. The summed E-state index contributed by atoms with van der Waals surface area (Å²) in [6.07, 6.45) is 2.53. The molecule has 2 rings (SSSR count). The molecule has 0 aromatic heterocycles. The number of para-hydroxylation sites is 1. The zero-order valence-corrected chi connectivity index (χ0v) is 11.0. The number of benzene rings is 1. The van der Waals surface area contributed by atoms with E-state index in [0.29, 0.717) is 0 Å². The second-order valence-corrected chi connectivity index (χ2v) is 6.26. The normalized spacial score (nSPS) is 20.1. The number of rotatable bonds is 3. The van der Waals surface area contributed by atoms with Crippen LogP contribution in [-0.4, -0.2) is 17.5 Å². The zero-order valence-electron chi connectivity index (χ0n) is 10.2. The molecule has 0 radical (unpaired) electrons. The number of anilines is 1. The van der Waals surface area contributed by atoms with E-state index in [9.17, 15) is 0 Å². The van der Waals surface area contributed by atoms with Crippen molar-refractivity contribution in [1.29, 1.82) is 0 Å². The number of aryl methyl sites for hydroxylation is 1. The standard InChI is InChI=1S/C14H21NS/c1-11(2)10-16-13-8-7-12-5-3-4-6-14(12)15-9-13/h3-6,11,13,15H,7-10H2,1-2H3. The summed E-state index contributed by atoms with van der Waals surface area (Å²) in [6, 6.07) is 8.71. The van der Waals surface area contributed by atoms with Crippen LogP contribution in [0.3, 0.4) is 0 Å². The van der Waals surface area contributed by atoms with E-state index in [1.54, 1.807) is 0 Å². The van der Waals surface area contributed by atoms with Crippen molar-refractivity contribution in [3.8, 4) is 0 Å². The lowest BCUT2D eigenvalue weighted by atomic mass is 10.1. The predicted octanol–water partition coefficient (Wildman–Crippen LogP) is 3.80. The third kappa shape index (κ3) is 3.18. The van der Waals surface area contributed by atoms with Crippen molar-refractivity contribution in [2.24, 2.45) is 5.92 Å². The largest absolute Gasteiger partial charge is 0.384 e. The van der Waals surface area contributed by atoms with E-state index < -0.39 is 0 Å². The van der Waals surface area contributed by atoms with E-state index >= 15 is 0 Å². The SMILES string of the molecule is CC(C)CSC1CCc2ccccc2NC1. The maximum absolute atomic E-state index is 3.58. The van der Waals surface area contributed by atoms with Gasteiger partial charge in [0.1, 0.15) is 0 Å². The van der Waals surface area contributed by atoms with Crippen molar-refractivity contribution in [3.63, 3.8) is 0 Å². The average Bonchev–Trinajstić information content (AvgIpc) is 2.49. The number of hydrogen-bond acceptors (Lipinski definition) is 2. The molecule has 1 heterocycles. The molecule has 1 N–H and O–H groups in total. The molecule has 0 amide bonds. The van der Waals surface area contributed by atoms with Crippen molar-refractivity contribution in [2.75, 3.05) is 17.6 Å². The van der Waals surface area contributed by atoms with Gasteiger partial charge in [0, 0.05) is 17.5 Å². The third-order valence-electron chi connectivity index (χ3n) is 2.94. The molecule has 0 bridgehead atoms.